The van der Waals surface area contributed by atoms with Crippen LogP contribution in [0.1, 0.15) is 69.8 Å². The first-order valence-corrected chi connectivity index (χ1v) is 10.3. The molecule has 0 bridgehead atoms. The van der Waals surface area contributed by atoms with Gasteiger partial charge in [-0.1, -0.05) is 51.3 Å². The molecule has 4 nitrogen and oxygen atoms in total. The average Bonchev–Trinajstić information content (AvgIpc) is 2.70. The molecule has 1 aromatic carbocycles. The number of carbonyl (C=O) groups is 1. The molecule has 1 aliphatic carbocycles. The minimum absolute atomic E-state index is 0.0884. The van der Waals surface area contributed by atoms with Crippen molar-refractivity contribution in [3.05, 3.63) is 42.0 Å². The second-order valence-corrected chi connectivity index (χ2v) is 7.76. The van der Waals surface area contributed by atoms with E-state index >= 15 is 0 Å². The van der Waals surface area contributed by atoms with Crippen LogP contribution in [0.4, 0.5) is 0 Å². The summed E-state index contributed by atoms with van der Waals surface area (Å²) < 4.78 is 5.31. The van der Waals surface area contributed by atoms with Crippen LogP contribution in [-0.4, -0.2) is 29.4 Å². The predicted octanol–water partition coefficient (Wildman–Crippen LogP) is 4.60. The van der Waals surface area contributed by atoms with Gasteiger partial charge in [0.15, 0.2) is 0 Å². The van der Waals surface area contributed by atoms with Gasteiger partial charge < -0.3 is 14.9 Å². The van der Waals surface area contributed by atoms with Gasteiger partial charge in [0.2, 0.25) is 0 Å². The van der Waals surface area contributed by atoms with Crippen molar-refractivity contribution in [2.24, 2.45) is 11.8 Å². The van der Waals surface area contributed by atoms with Gasteiger partial charge in [-0.25, -0.2) is 4.79 Å². The molecule has 1 aromatic rings. The SMILES string of the molecule is C=C(C(=O)Oc1ccc(C2CCC(CCCCC)CC2)cc1)C(CO)CO. The van der Waals surface area contributed by atoms with E-state index in [2.05, 4.69) is 13.5 Å². The van der Waals surface area contributed by atoms with Crippen LogP contribution in [-0.2, 0) is 4.79 Å². The number of esters is 1. The lowest BCUT2D eigenvalue weighted by atomic mass is 9.77. The summed E-state index contributed by atoms with van der Waals surface area (Å²) in [5.74, 6) is 0.672. The fourth-order valence-electron chi connectivity index (χ4n) is 3.89. The quantitative estimate of drug-likeness (QED) is 0.272. The molecule has 0 unspecified atom stereocenters. The molecule has 1 aliphatic rings. The number of aliphatic hydroxyl groups excluding tert-OH is 2. The van der Waals surface area contributed by atoms with Crippen LogP contribution in [0.2, 0.25) is 0 Å². The van der Waals surface area contributed by atoms with Crippen molar-refractivity contribution < 1.29 is 19.7 Å². The number of aliphatic hydroxyl groups is 2. The lowest BCUT2D eigenvalue weighted by Crippen LogP contribution is -2.22. The lowest BCUT2D eigenvalue weighted by Gasteiger charge is -2.29. The Morgan fingerprint density at radius 2 is 1.74 bits per heavy atom. The fraction of sp³-hybridized carbons (Fsp3) is 0.609. The van der Waals surface area contributed by atoms with Gasteiger partial charge in [-0.05, 0) is 55.2 Å². The second kappa shape index (κ2) is 11.3. The van der Waals surface area contributed by atoms with E-state index in [0.717, 1.165) is 5.92 Å². The maximum Gasteiger partial charge on any atom is 0.339 e. The van der Waals surface area contributed by atoms with Crippen molar-refractivity contribution in [1.82, 2.24) is 0 Å². The third-order valence-corrected chi connectivity index (χ3v) is 5.82. The van der Waals surface area contributed by atoms with Crippen molar-refractivity contribution in [3.8, 4) is 5.75 Å². The van der Waals surface area contributed by atoms with E-state index in [9.17, 15) is 4.79 Å². The van der Waals surface area contributed by atoms with Gasteiger partial charge in [0.25, 0.3) is 0 Å². The van der Waals surface area contributed by atoms with E-state index in [-0.39, 0.29) is 18.8 Å². The van der Waals surface area contributed by atoms with Crippen LogP contribution in [0.3, 0.4) is 0 Å². The molecular formula is C23H34O4. The number of rotatable bonds is 10. The third-order valence-electron chi connectivity index (χ3n) is 5.82. The number of ether oxygens (including phenoxy) is 1. The van der Waals surface area contributed by atoms with Crippen LogP contribution in [0.15, 0.2) is 36.4 Å². The first-order chi connectivity index (χ1) is 13.1. The van der Waals surface area contributed by atoms with E-state index in [1.54, 1.807) is 0 Å². The second-order valence-electron chi connectivity index (χ2n) is 7.76. The van der Waals surface area contributed by atoms with E-state index in [0.29, 0.717) is 11.7 Å². The van der Waals surface area contributed by atoms with Crippen molar-refractivity contribution in [3.63, 3.8) is 0 Å². The minimum Gasteiger partial charge on any atom is -0.423 e. The number of carbonyl (C=O) groups excluding carboxylic acids is 1. The lowest BCUT2D eigenvalue weighted by molar-refractivity contribution is -0.131. The fourth-order valence-corrected chi connectivity index (χ4v) is 3.89. The Labute approximate surface area is 163 Å². The highest BCUT2D eigenvalue weighted by Crippen LogP contribution is 2.38. The summed E-state index contributed by atoms with van der Waals surface area (Å²) in [5, 5.41) is 18.3. The van der Waals surface area contributed by atoms with Gasteiger partial charge in [0.05, 0.1) is 13.2 Å². The van der Waals surface area contributed by atoms with Gasteiger partial charge in [-0.3, -0.25) is 0 Å². The Hall–Kier alpha value is -1.65. The predicted molar refractivity (Wildman–Crippen MR) is 108 cm³/mol. The molecule has 0 aliphatic heterocycles. The standard InChI is InChI=1S/C23H34O4/c1-3-4-5-6-18-7-9-19(10-8-18)20-11-13-22(14-12-20)27-23(26)17(2)21(15-24)16-25/h11-14,18-19,21,24-25H,2-10,15-16H2,1H3. The summed E-state index contributed by atoms with van der Waals surface area (Å²) in [6.45, 7) is 5.22. The van der Waals surface area contributed by atoms with Gasteiger partial charge in [0.1, 0.15) is 5.75 Å². The van der Waals surface area contributed by atoms with Crippen LogP contribution < -0.4 is 4.74 Å². The molecule has 0 radical (unpaired) electrons. The summed E-state index contributed by atoms with van der Waals surface area (Å²) in [4.78, 5) is 12.1. The molecule has 0 saturated heterocycles. The van der Waals surface area contributed by atoms with Gasteiger partial charge in [0, 0.05) is 11.5 Å². The van der Waals surface area contributed by atoms with Crippen molar-refractivity contribution in [2.45, 2.75) is 64.2 Å². The Bertz CT molecular complexity index is 581. The first kappa shape index (κ1) is 21.6. The smallest absolute Gasteiger partial charge is 0.339 e. The van der Waals surface area contributed by atoms with Crippen LogP contribution in [0, 0.1) is 11.8 Å². The van der Waals surface area contributed by atoms with Crippen LogP contribution in [0.5, 0.6) is 5.75 Å². The zero-order valence-electron chi connectivity index (χ0n) is 16.5. The summed E-state index contributed by atoms with van der Waals surface area (Å²) in [6, 6.07) is 7.73. The maximum atomic E-state index is 12.1. The van der Waals surface area contributed by atoms with E-state index < -0.39 is 11.9 Å². The molecule has 0 spiro atoms. The average molecular weight is 375 g/mol. The zero-order chi connectivity index (χ0) is 19.6. The molecule has 150 valence electrons. The topological polar surface area (TPSA) is 66.8 Å². The summed E-state index contributed by atoms with van der Waals surface area (Å²) >= 11 is 0. The Morgan fingerprint density at radius 1 is 1.11 bits per heavy atom. The molecular weight excluding hydrogens is 340 g/mol. The molecule has 0 atom stereocenters. The zero-order valence-corrected chi connectivity index (χ0v) is 16.5. The number of benzene rings is 1. The van der Waals surface area contributed by atoms with Crippen LogP contribution >= 0.6 is 0 Å². The third kappa shape index (κ3) is 6.47. The number of unbranched alkanes of at least 4 members (excludes halogenated alkanes) is 2. The number of hydrogen-bond acceptors (Lipinski definition) is 4. The van der Waals surface area contributed by atoms with Gasteiger partial charge >= 0.3 is 5.97 Å². The highest BCUT2D eigenvalue weighted by molar-refractivity contribution is 5.90. The molecule has 2 rings (SSSR count). The molecule has 27 heavy (non-hydrogen) atoms. The first-order valence-electron chi connectivity index (χ1n) is 10.3. The Kier molecular flexibility index (Phi) is 9.02. The molecule has 1 saturated carbocycles. The van der Waals surface area contributed by atoms with Crippen molar-refractivity contribution in [2.75, 3.05) is 13.2 Å². The molecule has 4 heteroatoms. The molecule has 1 fully saturated rings. The molecule has 0 heterocycles. The molecule has 2 N–H and O–H groups in total. The monoisotopic (exact) mass is 374 g/mol. The summed E-state index contributed by atoms with van der Waals surface area (Å²) in [5.41, 5.74) is 1.40. The molecule has 0 aromatic heterocycles. The van der Waals surface area contributed by atoms with Gasteiger partial charge in [-0.2, -0.15) is 0 Å². The normalized spacial score (nSPS) is 19.9. The Balaban J connectivity index is 1.83. The molecule has 0 amide bonds. The van der Waals surface area contributed by atoms with Crippen LogP contribution in [0.25, 0.3) is 0 Å². The summed E-state index contributed by atoms with van der Waals surface area (Å²) in [7, 11) is 0. The van der Waals surface area contributed by atoms with Crippen molar-refractivity contribution >= 4 is 5.97 Å². The van der Waals surface area contributed by atoms with E-state index in [1.807, 2.05) is 24.3 Å². The number of hydrogen-bond donors (Lipinski definition) is 2. The van der Waals surface area contributed by atoms with Gasteiger partial charge in [-0.15, -0.1) is 0 Å². The van der Waals surface area contributed by atoms with E-state index in [1.165, 1.54) is 56.9 Å². The van der Waals surface area contributed by atoms with E-state index in [4.69, 9.17) is 14.9 Å². The summed E-state index contributed by atoms with van der Waals surface area (Å²) in [6.07, 6.45) is 10.5. The maximum absolute atomic E-state index is 12.1. The minimum atomic E-state index is -0.677. The highest BCUT2D eigenvalue weighted by Gasteiger charge is 2.23. The highest BCUT2D eigenvalue weighted by atomic mass is 16.5. The van der Waals surface area contributed by atoms with Crippen molar-refractivity contribution in [1.29, 1.82) is 0 Å². The largest absolute Gasteiger partial charge is 0.423 e. The Morgan fingerprint density at radius 3 is 2.30 bits per heavy atom.